The summed E-state index contributed by atoms with van der Waals surface area (Å²) in [5, 5.41) is 22.1. The molecule has 0 saturated carbocycles. The van der Waals surface area contributed by atoms with Crippen LogP contribution in [0.15, 0.2) is 24.3 Å². The van der Waals surface area contributed by atoms with Crippen LogP contribution in [-0.4, -0.2) is 17.3 Å². The molecule has 0 aliphatic heterocycles. The predicted octanol–water partition coefficient (Wildman–Crippen LogP) is 2.44. The molecule has 1 unspecified atom stereocenters. The Morgan fingerprint density at radius 2 is 1.94 bits per heavy atom. The monoisotopic (exact) mass is 246 g/mol. The minimum absolute atomic E-state index is 0.483. The molecule has 98 valence electrons. The van der Waals surface area contributed by atoms with Crippen LogP contribution in [0.5, 0.6) is 0 Å². The number of aliphatic hydroxyl groups is 1. The van der Waals surface area contributed by atoms with Crippen LogP contribution in [0.25, 0.3) is 0 Å². The fraction of sp³-hybridized carbons (Fsp3) is 0.533. The van der Waals surface area contributed by atoms with Crippen molar-refractivity contribution in [3.63, 3.8) is 0 Å². The van der Waals surface area contributed by atoms with E-state index >= 15 is 0 Å². The Bertz CT molecular complexity index is 401. The largest absolute Gasteiger partial charge is 0.389 e. The highest BCUT2D eigenvalue weighted by molar-refractivity contribution is 5.31. The lowest BCUT2D eigenvalue weighted by molar-refractivity contribution is 0.0383. The van der Waals surface area contributed by atoms with Gasteiger partial charge in [-0.3, -0.25) is 0 Å². The molecule has 0 aromatic heterocycles. The Balaban J connectivity index is 2.39. The quantitative estimate of drug-likeness (QED) is 0.810. The fourth-order valence-corrected chi connectivity index (χ4v) is 2.12. The van der Waals surface area contributed by atoms with Crippen molar-refractivity contribution >= 4 is 0 Å². The molecule has 0 radical (unpaired) electrons. The van der Waals surface area contributed by atoms with Gasteiger partial charge in [-0.1, -0.05) is 26.0 Å². The SMILES string of the molecule is CC(C)CC(C)(O)CNCc1ccc(C#N)cc1. The molecule has 0 aliphatic rings. The number of nitrogens with one attached hydrogen (secondary N) is 1. The predicted molar refractivity (Wildman–Crippen MR) is 72.9 cm³/mol. The molecule has 1 atom stereocenters. The van der Waals surface area contributed by atoms with Crippen molar-refractivity contribution in [2.24, 2.45) is 5.92 Å². The number of hydrogen-bond donors (Lipinski definition) is 2. The van der Waals surface area contributed by atoms with Crippen LogP contribution in [0.3, 0.4) is 0 Å². The Kier molecular flexibility index (Phi) is 5.33. The summed E-state index contributed by atoms with van der Waals surface area (Å²) in [5.41, 5.74) is 1.13. The van der Waals surface area contributed by atoms with Gasteiger partial charge in [-0.05, 0) is 37.0 Å². The summed E-state index contributed by atoms with van der Waals surface area (Å²) in [4.78, 5) is 0. The van der Waals surface area contributed by atoms with E-state index < -0.39 is 5.60 Å². The maximum absolute atomic E-state index is 10.1. The van der Waals surface area contributed by atoms with E-state index in [1.54, 1.807) is 0 Å². The average molecular weight is 246 g/mol. The summed E-state index contributed by atoms with van der Waals surface area (Å²) < 4.78 is 0. The molecule has 3 heteroatoms. The molecule has 0 heterocycles. The number of rotatable bonds is 6. The first-order valence-corrected chi connectivity index (χ1v) is 6.35. The lowest BCUT2D eigenvalue weighted by Gasteiger charge is -2.25. The summed E-state index contributed by atoms with van der Waals surface area (Å²) >= 11 is 0. The van der Waals surface area contributed by atoms with E-state index in [1.807, 2.05) is 31.2 Å². The number of benzene rings is 1. The average Bonchev–Trinajstić information content (AvgIpc) is 2.28. The molecular formula is C15H22N2O. The molecule has 18 heavy (non-hydrogen) atoms. The maximum Gasteiger partial charge on any atom is 0.0991 e. The van der Waals surface area contributed by atoms with Crippen molar-refractivity contribution in [3.8, 4) is 6.07 Å². The van der Waals surface area contributed by atoms with Gasteiger partial charge in [-0.25, -0.2) is 0 Å². The molecule has 0 bridgehead atoms. The van der Waals surface area contributed by atoms with Gasteiger partial charge in [0.2, 0.25) is 0 Å². The van der Waals surface area contributed by atoms with Crippen LogP contribution in [0.1, 0.15) is 38.3 Å². The maximum atomic E-state index is 10.1. The van der Waals surface area contributed by atoms with Gasteiger partial charge in [0.1, 0.15) is 0 Å². The van der Waals surface area contributed by atoms with Crippen LogP contribution >= 0.6 is 0 Å². The van der Waals surface area contributed by atoms with Crippen molar-refractivity contribution in [1.29, 1.82) is 5.26 Å². The molecule has 1 aromatic carbocycles. The third-order valence-electron chi connectivity index (χ3n) is 2.77. The second kappa shape index (κ2) is 6.53. The second-order valence-electron chi connectivity index (χ2n) is 5.51. The zero-order valence-corrected chi connectivity index (χ0v) is 11.4. The van der Waals surface area contributed by atoms with Crippen molar-refractivity contribution in [3.05, 3.63) is 35.4 Å². The molecule has 1 rings (SSSR count). The van der Waals surface area contributed by atoms with Crippen molar-refractivity contribution in [2.45, 2.75) is 39.3 Å². The summed E-state index contributed by atoms with van der Waals surface area (Å²) in [6, 6.07) is 9.58. The van der Waals surface area contributed by atoms with Gasteiger partial charge in [-0.15, -0.1) is 0 Å². The lowest BCUT2D eigenvalue weighted by atomic mass is 9.94. The molecule has 0 saturated heterocycles. The summed E-state index contributed by atoms with van der Waals surface area (Å²) in [7, 11) is 0. The molecular weight excluding hydrogens is 224 g/mol. The Hall–Kier alpha value is -1.37. The van der Waals surface area contributed by atoms with E-state index in [-0.39, 0.29) is 0 Å². The summed E-state index contributed by atoms with van der Waals surface area (Å²) in [5.74, 6) is 0.483. The van der Waals surface area contributed by atoms with Crippen molar-refractivity contribution < 1.29 is 5.11 Å². The van der Waals surface area contributed by atoms with E-state index in [9.17, 15) is 5.11 Å². The summed E-state index contributed by atoms with van der Waals surface area (Å²) in [6.45, 7) is 7.36. The van der Waals surface area contributed by atoms with Crippen LogP contribution in [0.2, 0.25) is 0 Å². The Morgan fingerprint density at radius 3 is 2.44 bits per heavy atom. The smallest absolute Gasteiger partial charge is 0.0991 e. The van der Waals surface area contributed by atoms with E-state index in [2.05, 4.69) is 25.2 Å². The number of nitrogens with zero attached hydrogens (tertiary/aromatic N) is 1. The summed E-state index contributed by atoms with van der Waals surface area (Å²) in [6.07, 6.45) is 0.785. The van der Waals surface area contributed by atoms with Gasteiger partial charge >= 0.3 is 0 Å². The van der Waals surface area contributed by atoms with E-state index in [4.69, 9.17) is 5.26 Å². The topological polar surface area (TPSA) is 56.0 Å². The van der Waals surface area contributed by atoms with Crippen molar-refractivity contribution in [2.75, 3.05) is 6.54 Å². The van der Waals surface area contributed by atoms with Crippen molar-refractivity contribution in [1.82, 2.24) is 5.32 Å². The first kappa shape index (κ1) is 14.7. The number of nitriles is 1. The van der Waals surface area contributed by atoms with Crippen LogP contribution in [0, 0.1) is 17.2 Å². The van der Waals surface area contributed by atoms with E-state index in [0.717, 1.165) is 12.0 Å². The van der Waals surface area contributed by atoms with Crippen LogP contribution in [0.4, 0.5) is 0 Å². The molecule has 2 N–H and O–H groups in total. The van der Waals surface area contributed by atoms with Gasteiger partial charge in [0.05, 0.1) is 17.2 Å². The minimum Gasteiger partial charge on any atom is -0.389 e. The third-order valence-corrected chi connectivity index (χ3v) is 2.77. The van der Waals surface area contributed by atoms with Gasteiger partial charge < -0.3 is 10.4 Å². The highest BCUT2D eigenvalue weighted by atomic mass is 16.3. The minimum atomic E-state index is -0.666. The van der Waals surface area contributed by atoms with E-state index in [0.29, 0.717) is 24.6 Å². The second-order valence-corrected chi connectivity index (χ2v) is 5.51. The normalized spacial score (nSPS) is 14.2. The fourth-order valence-electron chi connectivity index (χ4n) is 2.12. The molecule has 3 nitrogen and oxygen atoms in total. The standard InChI is InChI=1S/C15H22N2O/c1-12(2)8-15(3,18)11-17-10-14-6-4-13(9-16)5-7-14/h4-7,12,17-18H,8,10-11H2,1-3H3. The van der Waals surface area contributed by atoms with Gasteiger partial charge in [-0.2, -0.15) is 5.26 Å². The van der Waals surface area contributed by atoms with Gasteiger partial charge in [0.15, 0.2) is 0 Å². The zero-order chi connectivity index (χ0) is 13.6. The van der Waals surface area contributed by atoms with Crippen LogP contribution < -0.4 is 5.32 Å². The highest BCUT2D eigenvalue weighted by Gasteiger charge is 2.20. The third kappa shape index (κ3) is 5.31. The van der Waals surface area contributed by atoms with E-state index in [1.165, 1.54) is 0 Å². The Labute approximate surface area is 109 Å². The zero-order valence-electron chi connectivity index (χ0n) is 11.4. The highest BCUT2D eigenvalue weighted by Crippen LogP contribution is 2.15. The molecule has 0 spiro atoms. The first-order valence-electron chi connectivity index (χ1n) is 6.35. The first-order chi connectivity index (χ1) is 8.43. The van der Waals surface area contributed by atoms with Gasteiger partial charge in [0, 0.05) is 13.1 Å². The molecule has 1 aromatic rings. The Morgan fingerprint density at radius 1 is 1.33 bits per heavy atom. The van der Waals surface area contributed by atoms with Crippen LogP contribution in [-0.2, 0) is 6.54 Å². The molecule has 0 amide bonds. The lowest BCUT2D eigenvalue weighted by Crippen LogP contribution is -2.38. The van der Waals surface area contributed by atoms with Gasteiger partial charge in [0.25, 0.3) is 0 Å². The molecule has 0 aliphatic carbocycles. The molecule has 0 fully saturated rings. The number of hydrogen-bond acceptors (Lipinski definition) is 3.